The van der Waals surface area contributed by atoms with Crippen molar-refractivity contribution in [2.24, 2.45) is 0 Å². The molecule has 0 spiro atoms. The van der Waals surface area contributed by atoms with Crippen molar-refractivity contribution in [1.82, 2.24) is 15.0 Å². The van der Waals surface area contributed by atoms with Gasteiger partial charge in [-0.2, -0.15) is 4.98 Å². The van der Waals surface area contributed by atoms with Gasteiger partial charge in [0.15, 0.2) is 0 Å². The number of quaternary nitrogens is 1. The van der Waals surface area contributed by atoms with Crippen LogP contribution in [0.2, 0.25) is 0 Å². The van der Waals surface area contributed by atoms with Crippen LogP contribution in [0.15, 0.2) is 33.3 Å². The Balaban J connectivity index is 1.69. The molecule has 3 rings (SSSR count). The summed E-state index contributed by atoms with van der Waals surface area (Å²) in [5.74, 6) is 1.32. The summed E-state index contributed by atoms with van der Waals surface area (Å²) in [6, 6.07) is 7.71. The molecule has 6 nitrogen and oxygen atoms in total. The first-order valence-corrected chi connectivity index (χ1v) is 10.2. The first kappa shape index (κ1) is 19.0. The Morgan fingerprint density at radius 1 is 1.23 bits per heavy atom. The largest absolute Gasteiger partial charge is 0.358 e. The van der Waals surface area contributed by atoms with E-state index in [0.29, 0.717) is 18.1 Å². The number of hydrogen-bond donors (Lipinski definition) is 1. The molecule has 1 saturated heterocycles. The lowest BCUT2D eigenvalue weighted by atomic mass is 10.0. The summed E-state index contributed by atoms with van der Waals surface area (Å²) in [5, 5.41) is 4.13. The Bertz CT molecular complexity index is 717. The van der Waals surface area contributed by atoms with E-state index in [4.69, 9.17) is 4.52 Å². The van der Waals surface area contributed by atoms with Gasteiger partial charge in [0.1, 0.15) is 6.04 Å². The lowest BCUT2D eigenvalue weighted by Gasteiger charge is -2.33. The Hall–Kier alpha value is -1.73. The number of carbonyl (C=O) groups is 1. The highest BCUT2D eigenvalue weighted by molar-refractivity contribution is 9.10. The summed E-state index contributed by atoms with van der Waals surface area (Å²) < 4.78 is 6.54. The highest BCUT2D eigenvalue weighted by atomic mass is 79.9. The topological polar surface area (TPSA) is 86.9 Å². The average molecular weight is 422 g/mol. The molecule has 0 bridgehead atoms. The number of unbranched alkanes of at least 4 members (excludes halogenated alkanes) is 2. The molecule has 1 aliphatic heterocycles. The number of benzene rings is 1. The number of rotatable bonds is 7. The third kappa shape index (κ3) is 4.71. The highest BCUT2D eigenvalue weighted by Gasteiger charge is 2.31. The van der Waals surface area contributed by atoms with Crippen LogP contribution in [0, 0.1) is 0 Å². The fourth-order valence-electron chi connectivity index (χ4n) is 3.35. The number of carbonyl (C=O) groups excluding carboxylic acids is 1. The minimum atomic E-state index is -0.0965. The van der Waals surface area contributed by atoms with Crippen molar-refractivity contribution < 1.29 is 15.1 Å². The first-order chi connectivity index (χ1) is 12.7. The van der Waals surface area contributed by atoms with Crippen LogP contribution in [-0.4, -0.2) is 34.0 Å². The quantitative estimate of drug-likeness (QED) is 0.694. The number of likely N-dealkylation sites (tertiary alicyclic amines) is 1. The standard InChI is InChI=1S/C19H25BrN4O2/c20-15-10-8-14(9-11-15)18-22-19(26-23-18)16-6-3-5-13-24(16)17(25)7-2-1-4-12-21/h8-11,16H,1-7,12-13,21H2/p+1/t16-/m1/s1. The van der Waals surface area contributed by atoms with Gasteiger partial charge in [0, 0.05) is 23.0 Å². The van der Waals surface area contributed by atoms with Crippen LogP contribution >= 0.6 is 15.9 Å². The summed E-state index contributed by atoms with van der Waals surface area (Å²) >= 11 is 3.43. The molecule has 0 saturated carbocycles. The molecule has 1 atom stereocenters. The van der Waals surface area contributed by atoms with Crippen molar-refractivity contribution >= 4 is 21.8 Å². The van der Waals surface area contributed by atoms with Gasteiger partial charge in [0.25, 0.3) is 0 Å². The van der Waals surface area contributed by atoms with Gasteiger partial charge in [-0.3, -0.25) is 4.79 Å². The SMILES string of the molecule is [NH3+]CCCCCC(=O)N1CCCC[C@@H]1c1nc(-c2ccc(Br)cc2)no1. The third-order valence-electron chi connectivity index (χ3n) is 4.79. The number of amides is 1. The smallest absolute Gasteiger partial charge is 0.249 e. The van der Waals surface area contributed by atoms with E-state index in [1.165, 1.54) is 0 Å². The highest BCUT2D eigenvalue weighted by Crippen LogP contribution is 2.32. The molecular formula is C19H26BrN4O2+. The Kier molecular flexibility index (Phi) is 6.80. The normalized spacial score (nSPS) is 17.5. The van der Waals surface area contributed by atoms with E-state index >= 15 is 0 Å². The molecule has 1 aliphatic rings. The Morgan fingerprint density at radius 2 is 2.04 bits per heavy atom. The minimum absolute atomic E-state index is 0.0965. The second-order valence-corrected chi connectivity index (χ2v) is 7.64. The first-order valence-electron chi connectivity index (χ1n) is 9.37. The zero-order chi connectivity index (χ0) is 18.4. The van der Waals surface area contributed by atoms with Gasteiger partial charge in [-0.1, -0.05) is 21.1 Å². The number of nitrogens with zero attached hydrogens (tertiary/aromatic N) is 3. The lowest BCUT2D eigenvalue weighted by molar-refractivity contribution is -0.368. The van der Waals surface area contributed by atoms with E-state index < -0.39 is 0 Å². The van der Waals surface area contributed by atoms with E-state index in [0.717, 1.165) is 61.7 Å². The van der Waals surface area contributed by atoms with E-state index in [1.54, 1.807) is 0 Å². The zero-order valence-electron chi connectivity index (χ0n) is 15.0. The van der Waals surface area contributed by atoms with Crippen molar-refractivity contribution in [3.8, 4) is 11.4 Å². The predicted octanol–water partition coefficient (Wildman–Crippen LogP) is 3.36. The fourth-order valence-corrected chi connectivity index (χ4v) is 3.61. The monoisotopic (exact) mass is 421 g/mol. The second kappa shape index (κ2) is 9.28. The van der Waals surface area contributed by atoms with Gasteiger partial charge in [0.05, 0.1) is 6.54 Å². The number of aromatic nitrogens is 2. The van der Waals surface area contributed by atoms with Crippen LogP contribution in [-0.2, 0) is 4.79 Å². The zero-order valence-corrected chi connectivity index (χ0v) is 16.6. The number of halogens is 1. The maximum Gasteiger partial charge on any atom is 0.249 e. The Morgan fingerprint density at radius 3 is 2.81 bits per heavy atom. The molecule has 7 heteroatoms. The molecule has 140 valence electrons. The Labute approximate surface area is 162 Å². The van der Waals surface area contributed by atoms with Crippen LogP contribution in [0.25, 0.3) is 11.4 Å². The summed E-state index contributed by atoms with van der Waals surface area (Å²) in [6.07, 6.45) is 6.64. The maximum atomic E-state index is 12.7. The van der Waals surface area contributed by atoms with Gasteiger partial charge in [-0.25, -0.2) is 0 Å². The molecule has 2 aromatic rings. The minimum Gasteiger partial charge on any atom is -0.358 e. The van der Waals surface area contributed by atoms with Gasteiger partial charge >= 0.3 is 0 Å². The van der Waals surface area contributed by atoms with Crippen molar-refractivity contribution in [3.63, 3.8) is 0 Å². The molecule has 1 fully saturated rings. The van der Waals surface area contributed by atoms with Crippen LogP contribution in [0.5, 0.6) is 0 Å². The summed E-state index contributed by atoms with van der Waals surface area (Å²) in [6.45, 7) is 1.70. The summed E-state index contributed by atoms with van der Waals surface area (Å²) in [4.78, 5) is 19.2. The molecular weight excluding hydrogens is 396 g/mol. The number of piperidine rings is 1. The van der Waals surface area contributed by atoms with Crippen LogP contribution in [0.1, 0.15) is 56.9 Å². The molecule has 1 amide bonds. The predicted molar refractivity (Wildman–Crippen MR) is 102 cm³/mol. The van der Waals surface area contributed by atoms with Crippen molar-refractivity contribution in [1.29, 1.82) is 0 Å². The number of hydrogen-bond acceptors (Lipinski definition) is 4. The summed E-state index contributed by atoms with van der Waals surface area (Å²) in [7, 11) is 0. The van der Waals surface area contributed by atoms with Gasteiger partial charge in [-0.05, 0) is 62.8 Å². The lowest BCUT2D eigenvalue weighted by Crippen LogP contribution is -2.50. The molecule has 0 unspecified atom stereocenters. The molecule has 1 aromatic carbocycles. The van der Waals surface area contributed by atoms with E-state index in [9.17, 15) is 4.79 Å². The van der Waals surface area contributed by atoms with Crippen LogP contribution in [0.3, 0.4) is 0 Å². The molecule has 0 aliphatic carbocycles. The van der Waals surface area contributed by atoms with Crippen LogP contribution < -0.4 is 5.73 Å². The van der Waals surface area contributed by atoms with Crippen LogP contribution in [0.4, 0.5) is 0 Å². The van der Waals surface area contributed by atoms with Crippen molar-refractivity contribution in [2.75, 3.05) is 13.1 Å². The molecule has 1 aromatic heterocycles. The molecule has 26 heavy (non-hydrogen) atoms. The maximum absolute atomic E-state index is 12.7. The van der Waals surface area contributed by atoms with Gasteiger partial charge in [-0.15, -0.1) is 0 Å². The second-order valence-electron chi connectivity index (χ2n) is 6.73. The summed E-state index contributed by atoms with van der Waals surface area (Å²) in [5.41, 5.74) is 4.76. The van der Waals surface area contributed by atoms with E-state index in [-0.39, 0.29) is 11.9 Å². The van der Waals surface area contributed by atoms with Crippen molar-refractivity contribution in [2.45, 2.75) is 51.0 Å². The van der Waals surface area contributed by atoms with Gasteiger partial charge in [0.2, 0.25) is 17.6 Å². The molecule has 2 heterocycles. The molecule has 3 N–H and O–H groups in total. The molecule has 0 radical (unpaired) electrons. The fraction of sp³-hybridized carbons (Fsp3) is 0.526. The van der Waals surface area contributed by atoms with Crippen molar-refractivity contribution in [3.05, 3.63) is 34.6 Å². The third-order valence-corrected chi connectivity index (χ3v) is 5.32. The van der Waals surface area contributed by atoms with E-state index in [1.807, 2.05) is 29.2 Å². The van der Waals surface area contributed by atoms with E-state index in [2.05, 4.69) is 31.8 Å². The average Bonchev–Trinajstić information content (AvgIpc) is 3.16. The van der Waals surface area contributed by atoms with Gasteiger partial charge < -0.3 is 15.2 Å².